The van der Waals surface area contributed by atoms with Gasteiger partial charge in [-0.3, -0.25) is 0 Å². The molecule has 1 nitrogen and oxygen atoms in total. The van der Waals surface area contributed by atoms with E-state index in [0.29, 0.717) is 0 Å². The number of nitrogens with one attached hydrogen (secondary N) is 1. The summed E-state index contributed by atoms with van der Waals surface area (Å²) in [6.07, 6.45) is 0. The van der Waals surface area contributed by atoms with Crippen LogP contribution in [0.2, 0.25) is 0 Å². The molecule has 17 heavy (non-hydrogen) atoms. The van der Waals surface area contributed by atoms with Gasteiger partial charge in [-0.25, -0.2) is 0 Å². The standard InChI is InChI=1S/C16H19N/c1-12-8-9-14(11-17-3)16(10-12)15-7-5-4-6-13(15)2/h4-10,17H,11H2,1-3H3. The Morgan fingerprint density at radius 3 is 2.41 bits per heavy atom. The third-order valence-corrected chi connectivity index (χ3v) is 3.07. The number of aryl methyl sites for hydroxylation is 2. The average molecular weight is 225 g/mol. The highest BCUT2D eigenvalue weighted by molar-refractivity contribution is 5.71. The van der Waals surface area contributed by atoms with Gasteiger partial charge in [-0.1, -0.05) is 48.0 Å². The van der Waals surface area contributed by atoms with E-state index in [4.69, 9.17) is 0 Å². The lowest BCUT2D eigenvalue weighted by atomic mass is 9.94. The molecule has 1 N–H and O–H groups in total. The smallest absolute Gasteiger partial charge is 0.0208 e. The molecule has 0 saturated heterocycles. The van der Waals surface area contributed by atoms with Crippen LogP contribution in [-0.4, -0.2) is 7.05 Å². The van der Waals surface area contributed by atoms with E-state index in [1.54, 1.807) is 0 Å². The molecule has 0 aromatic heterocycles. The van der Waals surface area contributed by atoms with Gasteiger partial charge in [0, 0.05) is 6.54 Å². The molecule has 1 heteroatoms. The molecule has 0 aliphatic carbocycles. The second kappa shape index (κ2) is 5.15. The Balaban J connectivity index is 2.57. The van der Waals surface area contributed by atoms with Crippen LogP contribution in [-0.2, 0) is 6.54 Å². The summed E-state index contributed by atoms with van der Waals surface area (Å²) in [5.74, 6) is 0. The topological polar surface area (TPSA) is 12.0 Å². The predicted molar refractivity (Wildman–Crippen MR) is 74.1 cm³/mol. The summed E-state index contributed by atoms with van der Waals surface area (Å²) >= 11 is 0. The zero-order valence-corrected chi connectivity index (χ0v) is 10.7. The zero-order valence-electron chi connectivity index (χ0n) is 10.7. The summed E-state index contributed by atoms with van der Waals surface area (Å²) in [7, 11) is 1.99. The number of benzene rings is 2. The number of hydrogen-bond donors (Lipinski definition) is 1. The number of rotatable bonds is 3. The molecular weight excluding hydrogens is 206 g/mol. The van der Waals surface area contributed by atoms with E-state index in [-0.39, 0.29) is 0 Å². The van der Waals surface area contributed by atoms with E-state index in [2.05, 4.69) is 61.6 Å². The molecule has 0 spiro atoms. The van der Waals surface area contributed by atoms with Crippen molar-refractivity contribution in [1.82, 2.24) is 5.32 Å². The van der Waals surface area contributed by atoms with Crippen molar-refractivity contribution < 1.29 is 0 Å². The van der Waals surface area contributed by atoms with Gasteiger partial charge in [0.25, 0.3) is 0 Å². The van der Waals surface area contributed by atoms with Gasteiger partial charge in [-0.05, 0) is 43.1 Å². The normalized spacial score (nSPS) is 10.5. The monoisotopic (exact) mass is 225 g/mol. The van der Waals surface area contributed by atoms with Gasteiger partial charge < -0.3 is 5.32 Å². The van der Waals surface area contributed by atoms with Crippen LogP contribution in [0, 0.1) is 13.8 Å². The first-order valence-electron chi connectivity index (χ1n) is 6.02. The van der Waals surface area contributed by atoms with E-state index in [1.165, 1.54) is 27.8 Å². The highest BCUT2D eigenvalue weighted by atomic mass is 14.8. The molecule has 0 aliphatic rings. The van der Waals surface area contributed by atoms with E-state index in [9.17, 15) is 0 Å². The quantitative estimate of drug-likeness (QED) is 0.840. The molecule has 0 amide bonds. The summed E-state index contributed by atoms with van der Waals surface area (Å²) in [5.41, 5.74) is 6.67. The van der Waals surface area contributed by atoms with Crippen LogP contribution in [0.25, 0.3) is 11.1 Å². The van der Waals surface area contributed by atoms with Crippen LogP contribution < -0.4 is 5.32 Å². The molecule has 0 heterocycles. The Hall–Kier alpha value is -1.60. The fourth-order valence-electron chi connectivity index (χ4n) is 2.16. The van der Waals surface area contributed by atoms with Gasteiger partial charge in [0.05, 0.1) is 0 Å². The van der Waals surface area contributed by atoms with Crippen molar-refractivity contribution in [1.29, 1.82) is 0 Å². The van der Waals surface area contributed by atoms with Crippen molar-refractivity contribution in [2.75, 3.05) is 7.05 Å². The Morgan fingerprint density at radius 2 is 1.71 bits per heavy atom. The molecule has 0 radical (unpaired) electrons. The maximum Gasteiger partial charge on any atom is 0.0208 e. The summed E-state index contributed by atoms with van der Waals surface area (Å²) in [6, 6.07) is 15.2. The average Bonchev–Trinajstić information content (AvgIpc) is 2.32. The minimum absolute atomic E-state index is 0.907. The summed E-state index contributed by atoms with van der Waals surface area (Å²) in [4.78, 5) is 0. The minimum atomic E-state index is 0.907. The third kappa shape index (κ3) is 2.56. The highest BCUT2D eigenvalue weighted by Gasteiger charge is 2.06. The van der Waals surface area contributed by atoms with E-state index >= 15 is 0 Å². The summed E-state index contributed by atoms with van der Waals surface area (Å²) < 4.78 is 0. The predicted octanol–water partition coefficient (Wildman–Crippen LogP) is 3.69. The first-order chi connectivity index (χ1) is 8.22. The fourth-order valence-corrected chi connectivity index (χ4v) is 2.16. The lowest BCUT2D eigenvalue weighted by Crippen LogP contribution is -2.06. The molecule has 0 saturated carbocycles. The van der Waals surface area contributed by atoms with Gasteiger partial charge in [0.1, 0.15) is 0 Å². The lowest BCUT2D eigenvalue weighted by Gasteiger charge is -2.12. The van der Waals surface area contributed by atoms with E-state index in [1.807, 2.05) is 7.05 Å². The first-order valence-corrected chi connectivity index (χ1v) is 6.02. The summed E-state index contributed by atoms with van der Waals surface area (Å²) in [6.45, 7) is 5.22. The van der Waals surface area contributed by atoms with Crippen molar-refractivity contribution in [3.05, 3.63) is 59.2 Å². The Bertz CT molecular complexity index is 515. The highest BCUT2D eigenvalue weighted by Crippen LogP contribution is 2.27. The molecule has 88 valence electrons. The molecule has 0 aliphatic heterocycles. The van der Waals surface area contributed by atoms with Crippen molar-refractivity contribution in [3.8, 4) is 11.1 Å². The first kappa shape index (κ1) is 11.9. The lowest BCUT2D eigenvalue weighted by molar-refractivity contribution is 0.819. The molecule has 0 bridgehead atoms. The molecular formula is C16H19N. The van der Waals surface area contributed by atoms with Crippen LogP contribution in [0.1, 0.15) is 16.7 Å². The van der Waals surface area contributed by atoms with Gasteiger partial charge in [-0.15, -0.1) is 0 Å². The van der Waals surface area contributed by atoms with Gasteiger partial charge >= 0.3 is 0 Å². The van der Waals surface area contributed by atoms with Gasteiger partial charge in [-0.2, -0.15) is 0 Å². The van der Waals surface area contributed by atoms with Crippen molar-refractivity contribution in [2.45, 2.75) is 20.4 Å². The number of hydrogen-bond acceptors (Lipinski definition) is 1. The molecule has 0 atom stereocenters. The maximum atomic E-state index is 3.23. The summed E-state index contributed by atoms with van der Waals surface area (Å²) in [5, 5.41) is 3.23. The van der Waals surface area contributed by atoms with Crippen molar-refractivity contribution in [2.24, 2.45) is 0 Å². The Kier molecular flexibility index (Phi) is 3.60. The second-order valence-electron chi connectivity index (χ2n) is 4.51. The molecule has 2 rings (SSSR count). The van der Waals surface area contributed by atoms with Gasteiger partial charge in [0.2, 0.25) is 0 Å². The molecule has 2 aromatic carbocycles. The molecule has 0 unspecified atom stereocenters. The van der Waals surface area contributed by atoms with Crippen LogP contribution in [0.4, 0.5) is 0 Å². The van der Waals surface area contributed by atoms with Crippen LogP contribution in [0.15, 0.2) is 42.5 Å². The zero-order chi connectivity index (χ0) is 12.3. The van der Waals surface area contributed by atoms with Crippen LogP contribution in [0.3, 0.4) is 0 Å². The SMILES string of the molecule is CNCc1ccc(C)cc1-c1ccccc1C. The second-order valence-corrected chi connectivity index (χ2v) is 4.51. The molecule has 0 fully saturated rings. The Morgan fingerprint density at radius 1 is 0.941 bits per heavy atom. The largest absolute Gasteiger partial charge is 0.316 e. The fraction of sp³-hybridized carbons (Fsp3) is 0.250. The van der Waals surface area contributed by atoms with Crippen molar-refractivity contribution in [3.63, 3.8) is 0 Å². The molecule has 2 aromatic rings. The maximum absolute atomic E-state index is 3.23. The van der Waals surface area contributed by atoms with Crippen LogP contribution in [0.5, 0.6) is 0 Å². The van der Waals surface area contributed by atoms with Crippen LogP contribution >= 0.6 is 0 Å². The third-order valence-electron chi connectivity index (χ3n) is 3.07. The Labute approximate surface area is 103 Å². The van der Waals surface area contributed by atoms with Gasteiger partial charge in [0.15, 0.2) is 0 Å². The van der Waals surface area contributed by atoms with Crippen molar-refractivity contribution >= 4 is 0 Å². The minimum Gasteiger partial charge on any atom is -0.316 e. The van der Waals surface area contributed by atoms with E-state index in [0.717, 1.165) is 6.54 Å². The van der Waals surface area contributed by atoms with E-state index < -0.39 is 0 Å².